The normalized spacial score (nSPS) is 10.7. The summed E-state index contributed by atoms with van der Waals surface area (Å²) in [5.41, 5.74) is 10.7. The van der Waals surface area contributed by atoms with Crippen molar-refractivity contribution in [2.75, 3.05) is 19.5 Å². The maximum absolute atomic E-state index is 11.5. The number of fused-ring (bicyclic) bond motifs is 1. The minimum atomic E-state index is -0.477. The fraction of sp³-hybridized carbons (Fsp3) is 0.0952. The van der Waals surface area contributed by atoms with E-state index in [0.29, 0.717) is 28.6 Å². The molecule has 2 aromatic heterocycles. The van der Waals surface area contributed by atoms with E-state index in [4.69, 9.17) is 20.2 Å². The number of thiazole rings is 1. The predicted octanol–water partition coefficient (Wildman–Crippen LogP) is 4.22. The lowest BCUT2D eigenvalue weighted by Gasteiger charge is -2.12. The monoisotopic (exact) mass is 406 g/mol. The van der Waals surface area contributed by atoms with Gasteiger partial charge in [-0.1, -0.05) is 12.1 Å². The van der Waals surface area contributed by atoms with Crippen molar-refractivity contribution in [1.29, 1.82) is 0 Å². The molecule has 3 N–H and O–H groups in total. The van der Waals surface area contributed by atoms with Crippen LogP contribution in [-0.2, 0) is 0 Å². The van der Waals surface area contributed by atoms with Crippen molar-refractivity contribution in [1.82, 2.24) is 9.97 Å². The van der Waals surface area contributed by atoms with E-state index < -0.39 is 5.91 Å². The molecule has 0 aliphatic heterocycles. The number of ether oxygens (including phenoxy) is 2. The minimum Gasteiger partial charge on any atom is -0.493 e. The van der Waals surface area contributed by atoms with Crippen LogP contribution in [0.15, 0.2) is 54.0 Å². The summed E-state index contributed by atoms with van der Waals surface area (Å²) >= 11 is 1.52. The molecule has 2 aromatic carbocycles. The lowest BCUT2D eigenvalue weighted by molar-refractivity contribution is 0.100. The molecule has 0 saturated heterocycles. The van der Waals surface area contributed by atoms with Gasteiger partial charge < -0.3 is 20.5 Å². The van der Waals surface area contributed by atoms with E-state index in [0.717, 1.165) is 21.5 Å². The fourth-order valence-corrected chi connectivity index (χ4v) is 3.70. The number of anilines is 2. The number of carbonyl (C=O) groups is 1. The Labute approximate surface area is 171 Å². The van der Waals surface area contributed by atoms with E-state index in [9.17, 15) is 4.79 Å². The van der Waals surface area contributed by atoms with Gasteiger partial charge in [0.25, 0.3) is 0 Å². The highest BCUT2D eigenvalue weighted by Crippen LogP contribution is 2.34. The van der Waals surface area contributed by atoms with Gasteiger partial charge in [-0.2, -0.15) is 0 Å². The first-order valence-electron chi connectivity index (χ1n) is 8.72. The highest BCUT2D eigenvalue weighted by molar-refractivity contribution is 7.16. The number of rotatable bonds is 6. The van der Waals surface area contributed by atoms with Crippen molar-refractivity contribution in [2.45, 2.75) is 0 Å². The van der Waals surface area contributed by atoms with Gasteiger partial charge in [-0.3, -0.25) is 4.79 Å². The highest BCUT2D eigenvalue weighted by Gasteiger charge is 2.13. The average molecular weight is 406 g/mol. The molecule has 0 bridgehead atoms. The van der Waals surface area contributed by atoms with Crippen LogP contribution in [0.4, 0.5) is 11.5 Å². The van der Waals surface area contributed by atoms with Gasteiger partial charge in [0, 0.05) is 22.9 Å². The lowest BCUT2D eigenvalue weighted by Crippen LogP contribution is -2.10. The SMILES string of the molecule is COc1ccc(Nc2nc(-c3cccc(C(N)=O)c3)cc3scnc23)cc1OC. The first kappa shape index (κ1) is 18.7. The second-order valence-electron chi connectivity index (χ2n) is 6.20. The van der Waals surface area contributed by atoms with Gasteiger partial charge in [-0.15, -0.1) is 11.3 Å². The van der Waals surface area contributed by atoms with Gasteiger partial charge in [0.1, 0.15) is 5.52 Å². The van der Waals surface area contributed by atoms with Crippen LogP contribution < -0.4 is 20.5 Å². The van der Waals surface area contributed by atoms with E-state index in [1.54, 1.807) is 37.9 Å². The topological polar surface area (TPSA) is 99.4 Å². The zero-order valence-electron chi connectivity index (χ0n) is 15.8. The first-order valence-corrected chi connectivity index (χ1v) is 9.60. The number of nitrogens with zero attached hydrogens (tertiary/aromatic N) is 2. The molecule has 29 heavy (non-hydrogen) atoms. The maximum Gasteiger partial charge on any atom is 0.248 e. The van der Waals surface area contributed by atoms with Crippen LogP contribution in [0, 0.1) is 0 Å². The van der Waals surface area contributed by atoms with Gasteiger partial charge >= 0.3 is 0 Å². The Morgan fingerprint density at radius 3 is 2.66 bits per heavy atom. The molecule has 0 atom stereocenters. The fourth-order valence-electron chi connectivity index (χ4n) is 2.98. The molecule has 7 nitrogen and oxygen atoms in total. The van der Waals surface area contributed by atoms with Crippen LogP contribution in [-0.4, -0.2) is 30.1 Å². The largest absolute Gasteiger partial charge is 0.493 e. The Hall–Kier alpha value is -3.65. The van der Waals surface area contributed by atoms with E-state index in [-0.39, 0.29) is 0 Å². The Morgan fingerprint density at radius 1 is 1.07 bits per heavy atom. The van der Waals surface area contributed by atoms with Gasteiger partial charge in [0.05, 0.1) is 30.1 Å². The van der Waals surface area contributed by atoms with Crippen molar-refractivity contribution in [3.05, 3.63) is 59.6 Å². The van der Waals surface area contributed by atoms with Gasteiger partial charge in [-0.05, 0) is 30.3 Å². The molecule has 0 saturated carbocycles. The molecule has 146 valence electrons. The van der Waals surface area contributed by atoms with Crippen LogP contribution in [0.2, 0.25) is 0 Å². The summed E-state index contributed by atoms with van der Waals surface area (Å²) in [7, 11) is 3.18. The predicted molar refractivity (Wildman–Crippen MR) is 114 cm³/mol. The van der Waals surface area contributed by atoms with E-state index in [1.165, 1.54) is 11.3 Å². The number of nitrogens with one attached hydrogen (secondary N) is 1. The Morgan fingerprint density at radius 2 is 1.90 bits per heavy atom. The molecule has 8 heteroatoms. The summed E-state index contributed by atoms with van der Waals surface area (Å²) in [5.74, 6) is 1.38. The van der Waals surface area contributed by atoms with Crippen molar-refractivity contribution in [3.8, 4) is 22.8 Å². The first-order chi connectivity index (χ1) is 14.1. The van der Waals surface area contributed by atoms with Crippen molar-refractivity contribution >= 4 is 39.0 Å². The highest BCUT2D eigenvalue weighted by atomic mass is 32.1. The Balaban J connectivity index is 1.78. The van der Waals surface area contributed by atoms with E-state index in [1.807, 2.05) is 30.3 Å². The molecule has 0 radical (unpaired) electrons. The number of pyridine rings is 1. The quantitative estimate of drug-likeness (QED) is 0.497. The zero-order chi connectivity index (χ0) is 20.4. The molecule has 0 aliphatic rings. The molecule has 0 spiro atoms. The molecule has 0 unspecified atom stereocenters. The summed E-state index contributed by atoms with van der Waals surface area (Å²) in [5, 5.41) is 3.31. The summed E-state index contributed by atoms with van der Waals surface area (Å²) in [6, 6.07) is 14.6. The second-order valence-corrected chi connectivity index (χ2v) is 7.08. The molecule has 0 aliphatic carbocycles. The second kappa shape index (κ2) is 7.76. The lowest BCUT2D eigenvalue weighted by atomic mass is 10.1. The van der Waals surface area contributed by atoms with Gasteiger partial charge in [0.15, 0.2) is 17.3 Å². The smallest absolute Gasteiger partial charge is 0.248 e. The standard InChI is InChI=1S/C21H18N4O3S/c1-27-16-7-6-14(9-17(16)28-2)24-21-19-18(29-11-23-19)10-15(25-21)12-4-3-5-13(8-12)20(22)26/h3-11H,1-2H3,(H2,22,26)(H,24,25). The number of aromatic nitrogens is 2. The van der Waals surface area contributed by atoms with Crippen LogP contribution >= 0.6 is 11.3 Å². The number of nitrogens with two attached hydrogens (primary N) is 1. The molecule has 2 heterocycles. The third-order valence-electron chi connectivity index (χ3n) is 4.41. The number of methoxy groups -OCH3 is 2. The van der Waals surface area contributed by atoms with E-state index >= 15 is 0 Å². The Kier molecular flexibility index (Phi) is 5.01. The van der Waals surface area contributed by atoms with Crippen molar-refractivity contribution in [3.63, 3.8) is 0 Å². The number of hydrogen-bond donors (Lipinski definition) is 2. The minimum absolute atomic E-state index is 0.433. The number of benzene rings is 2. The maximum atomic E-state index is 11.5. The number of hydrogen-bond acceptors (Lipinski definition) is 7. The van der Waals surface area contributed by atoms with Crippen LogP contribution in [0.3, 0.4) is 0 Å². The Bertz CT molecular complexity index is 1210. The van der Waals surface area contributed by atoms with Gasteiger partial charge in [-0.25, -0.2) is 9.97 Å². The number of primary amides is 1. The molecule has 4 rings (SSSR count). The molecule has 0 fully saturated rings. The molecule has 1 amide bonds. The summed E-state index contributed by atoms with van der Waals surface area (Å²) in [6.07, 6.45) is 0. The zero-order valence-corrected chi connectivity index (χ0v) is 16.6. The van der Waals surface area contributed by atoms with Crippen LogP contribution in [0.5, 0.6) is 11.5 Å². The summed E-state index contributed by atoms with van der Waals surface area (Å²) in [6.45, 7) is 0. The average Bonchev–Trinajstić information content (AvgIpc) is 3.22. The summed E-state index contributed by atoms with van der Waals surface area (Å²) < 4.78 is 11.6. The van der Waals surface area contributed by atoms with E-state index in [2.05, 4.69) is 10.3 Å². The third-order valence-corrected chi connectivity index (χ3v) is 5.18. The number of amides is 1. The van der Waals surface area contributed by atoms with Crippen molar-refractivity contribution < 1.29 is 14.3 Å². The van der Waals surface area contributed by atoms with Crippen LogP contribution in [0.1, 0.15) is 10.4 Å². The molecular weight excluding hydrogens is 388 g/mol. The molecule has 4 aromatic rings. The van der Waals surface area contributed by atoms with Crippen LogP contribution in [0.25, 0.3) is 21.5 Å². The summed E-state index contributed by atoms with van der Waals surface area (Å²) in [4.78, 5) is 20.7. The number of carbonyl (C=O) groups excluding carboxylic acids is 1. The van der Waals surface area contributed by atoms with Gasteiger partial charge in [0.2, 0.25) is 5.91 Å². The molecular formula is C21H18N4O3S. The van der Waals surface area contributed by atoms with Crippen molar-refractivity contribution in [2.24, 2.45) is 5.73 Å². The third kappa shape index (κ3) is 3.70.